The van der Waals surface area contributed by atoms with Gasteiger partial charge in [-0.15, -0.1) is 11.8 Å². The van der Waals surface area contributed by atoms with E-state index in [2.05, 4.69) is 33.8 Å². The van der Waals surface area contributed by atoms with Crippen molar-refractivity contribution in [1.82, 2.24) is 25.4 Å². The van der Waals surface area contributed by atoms with Crippen LogP contribution in [-0.4, -0.2) is 128 Å². The second-order valence-corrected chi connectivity index (χ2v) is 15.8. The van der Waals surface area contributed by atoms with Crippen molar-refractivity contribution in [1.29, 1.82) is 0 Å². The number of para-hydroxylation sites is 1. The van der Waals surface area contributed by atoms with E-state index in [-0.39, 0.29) is 31.2 Å². The molecule has 0 radical (unpaired) electrons. The minimum atomic E-state index is -2.03. The van der Waals surface area contributed by atoms with E-state index in [1.807, 2.05) is 42.7 Å². The van der Waals surface area contributed by atoms with E-state index < -0.39 is 36.9 Å². The van der Waals surface area contributed by atoms with Crippen LogP contribution in [0.1, 0.15) is 49.7 Å². The van der Waals surface area contributed by atoms with Crippen molar-refractivity contribution >= 4 is 35.3 Å². The number of unbranched alkanes of at least 4 members (excludes halogenated alkanes) is 1. The maximum atomic E-state index is 13.2. The highest BCUT2D eigenvalue weighted by Crippen LogP contribution is 2.50. The first-order valence-corrected chi connectivity index (χ1v) is 20.0. The predicted molar refractivity (Wildman–Crippen MR) is 205 cm³/mol. The summed E-state index contributed by atoms with van der Waals surface area (Å²) in [5.74, 6) is 0.803. The summed E-state index contributed by atoms with van der Waals surface area (Å²) in [5.41, 5.74) is 4.11. The fourth-order valence-corrected chi connectivity index (χ4v) is 7.78. The first-order chi connectivity index (χ1) is 26.1. The quantitative estimate of drug-likeness (QED) is 0.0622. The molecule has 15 heteroatoms. The summed E-state index contributed by atoms with van der Waals surface area (Å²) in [6.45, 7) is 1.28. The average molecular weight is 784 g/mol. The lowest BCUT2D eigenvalue weighted by molar-refractivity contribution is -0.158. The molecule has 4 atom stereocenters. The zero-order valence-electron chi connectivity index (χ0n) is 30.1. The minimum absolute atomic E-state index is 0.109. The number of ether oxygens (including phenoxy) is 1. The summed E-state index contributed by atoms with van der Waals surface area (Å²) in [5, 5.41) is 57.0. The standard InChI is InChI=1S/C39H50ClN5O8S/c40-31-10-9-27(54-20-4-3-16-44(18-19-45-17-15-42-38(45)52)37(51)36(50)35(49)34(48)32(47)24-46)21-25(31)22-43-39(12-13-39)30-23-41-14-11-28(30)29-5-1-2-6-33(29)53-26-7-8-26/h1-2,5-6,9-11,14,21,23,26,32,34-36,43,46-50H,3-4,7-8,12-13,15-20,22,24H2,(H,42,52). The molecular weight excluding hydrogens is 734 g/mol. The van der Waals surface area contributed by atoms with Gasteiger partial charge in [0.2, 0.25) is 0 Å². The Morgan fingerprint density at radius 1 is 1.07 bits per heavy atom. The summed E-state index contributed by atoms with van der Waals surface area (Å²) < 4.78 is 6.26. The Kier molecular flexibility index (Phi) is 13.7. The number of rotatable bonds is 21. The third-order valence-electron chi connectivity index (χ3n) is 10.2. The number of nitrogens with zero attached hydrogens (tertiary/aromatic N) is 3. The number of halogens is 1. The molecule has 7 N–H and O–H groups in total. The second-order valence-electron chi connectivity index (χ2n) is 14.2. The summed E-state index contributed by atoms with van der Waals surface area (Å²) in [6.07, 6.45) is 1.83. The molecule has 3 amide bonds. The van der Waals surface area contributed by atoms with Gasteiger partial charge in [0.15, 0.2) is 6.10 Å². The summed E-state index contributed by atoms with van der Waals surface area (Å²) in [6, 6.07) is 16.0. The second kappa shape index (κ2) is 18.4. The summed E-state index contributed by atoms with van der Waals surface area (Å²) in [4.78, 5) is 33.7. The molecular formula is C39H50ClN5O8S. The number of aliphatic hydroxyl groups excluding tert-OH is 5. The molecule has 2 saturated carbocycles. The topological polar surface area (TPSA) is 188 Å². The number of hydrogen-bond acceptors (Lipinski definition) is 11. The molecule has 6 rings (SSSR count). The average Bonchev–Trinajstić information content (AvgIpc) is 4.13. The summed E-state index contributed by atoms with van der Waals surface area (Å²) >= 11 is 8.36. The van der Waals surface area contributed by atoms with Gasteiger partial charge in [-0.25, -0.2) is 4.79 Å². The zero-order chi connectivity index (χ0) is 38.2. The molecule has 3 fully saturated rings. The van der Waals surface area contributed by atoms with Crippen LogP contribution < -0.4 is 15.4 Å². The normalized spacial score (nSPS) is 18.5. The van der Waals surface area contributed by atoms with Gasteiger partial charge in [0.05, 0.1) is 12.7 Å². The first kappa shape index (κ1) is 40.2. The zero-order valence-corrected chi connectivity index (χ0v) is 31.7. The number of carbonyl (C=O) groups is 2. The van der Waals surface area contributed by atoms with Crippen LogP contribution in [-0.2, 0) is 16.9 Å². The molecule has 13 nitrogen and oxygen atoms in total. The number of hydrogen-bond donors (Lipinski definition) is 7. The number of nitrogens with one attached hydrogen (secondary N) is 2. The number of amides is 3. The van der Waals surface area contributed by atoms with Gasteiger partial charge in [-0.05, 0) is 91.3 Å². The van der Waals surface area contributed by atoms with Gasteiger partial charge in [0, 0.05) is 72.7 Å². The lowest BCUT2D eigenvalue weighted by Gasteiger charge is -2.31. The van der Waals surface area contributed by atoms with Crippen LogP contribution >= 0.6 is 23.4 Å². The van der Waals surface area contributed by atoms with E-state index in [9.17, 15) is 30.0 Å². The van der Waals surface area contributed by atoms with Crippen LogP contribution in [0.5, 0.6) is 5.75 Å². The van der Waals surface area contributed by atoms with Crippen LogP contribution in [0.3, 0.4) is 0 Å². The van der Waals surface area contributed by atoms with Crippen molar-refractivity contribution in [2.45, 2.75) is 86.0 Å². The van der Waals surface area contributed by atoms with Crippen molar-refractivity contribution in [3.05, 3.63) is 77.1 Å². The van der Waals surface area contributed by atoms with Gasteiger partial charge in [0.1, 0.15) is 24.1 Å². The Hall–Kier alpha value is -3.47. The molecule has 2 aliphatic carbocycles. The minimum Gasteiger partial charge on any atom is -0.490 e. The highest BCUT2D eigenvalue weighted by atomic mass is 35.5. The largest absolute Gasteiger partial charge is 0.490 e. The van der Waals surface area contributed by atoms with Gasteiger partial charge >= 0.3 is 6.03 Å². The van der Waals surface area contributed by atoms with Crippen LogP contribution in [0.25, 0.3) is 11.1 Å². The van der Waals surface area contributed by atoms with Crippen molar-refractivity contribution in [3.63, 3.8) is 0 Å². The number of aliphatic hydroxyl groups is 5. The molecule has 1 saturated heterocycles. The molecule has 3 aliphatic rings. The number of urea groups is 1. The van der Waals surface area contributed by atoms with E-state index in [0.717, 1.165) is 70.8 Å². The van der Waals surface area contributed by atoms with Crippen molar-refractivity contribution in [2.24, 2.45) is 0 Å². The molecule has 1 aliphatic heterocycles. The summed E-state index contributed by atoms with van der Waals surface area (Å²) in [7, 11) is 0. The maximum absolute atomic E-state index is 13.2. The number of thioether (sulfide) groups is 1. The number of benzene rings is 2. The molecule has 1 aromatic heterocycles. The van der Waals surface area contributed by atoms with E-state index in [1.54, 1.807) is 16.7 Å². The highest BCUT2D eigenvalue weighted by molar-refractivity contribution is 7.99. The van der Waals surface area contributed by atoms with Crippen LogP contribution in [0, 0.1) is 0 Å². The lowest BCUT2D eigenvalue weighted by Crippen LogP contribution is -2.53. The SMILES string of the molecule is O=C1NCCN1CCN(CCCCSc1ccc(Cl)c(CNC2(c3cnccc3-c3ccccc3OC3CC3)CC2)c1)C(=O)C(O)C(O)C(O)C(O)CO. The fraction of sp³-hybridized carbons (Fsp3) is 0.513. The van der Waals surface area contributed by atoms with Crippen molar-refractivity contribution in [3.8, 4) is 16.9 Å². The van der Waals surface area contributed by atoms with E-state index in [0.29, 0.717) is 37.2 Å². The first-order valence-electron chi connectivity index (χ1n) is 18.6. The molecule has 4 unspecified atom stereocenters. The smallest absolute Gasteiger partial charge is 0.317 e. The van der Waals surface area contributed by atoms with Gasteiger partial charge in [-0.1, -0.05) is 29.8 Å². The maximum Gasteiger partial charge on any atom is 0.317 e. The lowest BCUT2D eigenvalue weighted by atomic mass is 9.94. The molecule has 292 valence electrons. The Labute approximate surface area is 324 Å². The van der Waals surface area contributed by atoms with Crippen LogP contribution in [0.2, 0.25) is 5.02 Å². The monoisotopic (exact) mass is 783 g/mol. The molecule has 54 heavy (non-hydrogen) atoms. The Morgan fingerprint density at radius 3 is 2.59 bits per heavy atom. The van der Waals surface area contributed by atoms with E-state index >= 15 is 0 Å². The van der Waals surface area contributed by atoms with Gasteiger partial charge in [0.25, 0.3) is 5.91 Å². The Balaban J connectivity index is 1.03. The molecule has 2 heterocycles. The third kappa shape index (κ3) is 10.0. The number of carbonyl (C=O) groups excluding carboxylic acids is 2. The number of pyridine rings is 1. The van der Waals surface area contributed by atoms with E-state index in [1.165, 1.54) is 4.90 Å². The van der Waals surface area contributed by atoms with Crippen molar-refractivity contribution in [2.75, 3.05) is 45.1 Å². The van der Waals surface area contributed by atoms with Gasteiger partial charge in [-0.2, -0.15) is 0 Å². The van der Waals surface area contributed by atoms with Crippen LogP contribution in [0.4, 0.5) is 4.79 Å². The Morgan fingerprint density at radius 2 is 1.87 bits per heavy atom. The molecule has 0 spiro atoms. The molecule has 0 bridgehead atoms. The van der Waals surface area contributed by atoms with Crippen molar-refractivity contribution < 1.29 is 39.9 Å². The van der Waals surface area contributed by atoms with Gasteiger partial charge < -0.3 is 50.7 Å². The van der Waals surface area contributed by atoms with Crippen LogP contribution in [0.15, 0.2) is 65.8 Å². The van der Waals surface area contributed by atoms with E-state index in [4.69, 9.17) is 21.4 Å². The Bertz CT molecular complexity index is 1750. The van der Waals surface area contributed by atoms with Gasteiger partial charge in [-0.3, -0.25) is 9.78 Å². The number of aromatic nitrogens is 1. The third-order valence-corrected chi connectivity index (χ3v) is 11.7. The molecule has 2 aromatic carbocycles. The predicted octanol–water partition coefficient (Wildman–Crippen LogP) is 2.88. The fourth-order valence-electron chi connectivity index (χ4n) is 6.62. The molecule has 3 aromatic rings. The highest BCUT2D eigenvalue weighted by Gasteiger charge is 2.46.